The van der Waals surface area contributed by atoms with E-state index in [2.05, 4.69) is 0 Å². The Morgan fingerprint density at radius 3 is 2.26 bits per heavy atom. The van der Waals surface area contributed by atoms with E-state index in [1.165, 1.54) is 11.8 Å². The Balaban J connectivity index is 2.33. The van der Waals surface area contributed by atoms with Crippen molar-refractivity contribution in [2.75, 3.05) is 26.4 Å². The van der Waals surface area contributed by atoms with Crippen LogP contribution in [-0.2, 0) is 38.2 Å². The van der Waals surface area contributed by atoms with Crippen LogP contribution in [0.15, 0.2) is 30.3 Å². The fourth-order valence-corrected chi connectivity index (χ4v) is 5.63. The summed E-state index contributed by atoms with van der Waals surface area (Å²) in [5, 5.41) is 22.9. The Kier molecular flexibility index (Phi) is 14.6. The third kappa shape index (κ3) is 11.0. The Morgan fingerprint density at radius 1 is 1.02 bits per heavy atom. The van der Waals surface area contributed by atoms with Crippen molar-refractivity contribution in [2.45, 2.75) is 71.8 Å². The van der Waals surface area contributed by atoms with Gasteiger partial charge < -0.3 is 34.1 Å². The molecule has 1 aliphatic rings. The van der Waals surface area contributed by atoms with Crippen LogP contribution in [0.5, 0.6) is 5.75 Å². The number of carboxylic acid groups (broad SMARTS) is 2. The molecule has 1 fully saturated rings. The smallest absolute Gasteiger partial charge is 0.313 e. The minimum Gasteiger partial charge on any atom is -0.550 e. The topological polar surface area (TPSA) is 177 Å². The summed E-state index contributed by atoms with van der Waals surface area (Å²) in [7, 11) is 0. The maximum absolute atomic E-state index is 13.1. The van der Waals surface area contributed by atoms with Gasteiger partial charge in [-0.2, -0.15) is 0 Å². The summed E-state index contributed by atoms with van der Waals surface area (Å²) in [5.41, 5.74) is 0. The van der Waals surface area contributed by atoms with Crippen LogP contribution in [0, 0.1) is 23.7 Å². The number of carbonyl (C=O) groups excluding carboxylic acids is 5. The zero-order chi connectivity index (χ0) is 31.9. The molecule has 0 aromatic heterocycles. The molecule has 1 aromatic carbocycles. The summed E-state index contributed by atoms with van der Waals surface area (Å²) in [5.74, 6) is -10.2. The van der Waals surface area contributed by atoms with Gasteiger partial charge in [0, 0.05) is 36.8 Å². The number of hydrogen-bond acceptors (Lipinski definition) is 10. The number of para-hydroxylation sites is 1. The van der Waals surface area contributed by atoms with Gasteiger partial charge in [-0.3, -0.25) is 24.0 Å². The minimum absolute atomic E-state index is 0.0766. The molecule has 5 unspecified atom stereocenters. The monoisotopic (exact) mass is 604 g/mol. The van der Waals surface area contributed by atoms with Gasteiger partial charge in [0.05, 0.1) is 18.4 Å². The highest BCUT2D eigenvalue weighted by Gasteiger charge is 2.45. The lowest BCUT2D eigenvalue weighted by Gasteiger charge is -2.40. The molecule has 0 radical (unpaired) electrons. The first-order valence-electron chi connectivity index (χ1n) is 14.7. The van der Waals surface area contributed by atoms with E-state index in [0.29, 0.717) is 25.0 Å². The van der Waals surface area contributed by atoms with Gasteiger partial charge >= 0.3 is 17.9 Å². The largest absolute Gasteiger partial charge is 0.550 e. The van der Waals surface area contributed by atoms with Gasteiger partial charge in [0.25, 0.3) is 0 Å². The molecule has 1 saturated heterocycles. The molecule has 5 atom stereocenters. The van der Waals surface area contributed by atoms with E-state index in [1.807, 2.05) is 13.0 Å². The van der Waals surface area contributed by atoms with E-state index in [0.717, 1.165) is 0 Å². The highest BCUT2D eigenvalue weighted by Crippen LogP contribution is 2.35. The summed E-state index contributed by atoms with van der Waals surface area (Å²) < 4.78 is 16.2. The van der Waals surface area contributed by atoms with Gasteiger partial charge in [-0.25, -0.2) is 0 Å². The second-order valence-electron chi connectivity index (χ2n) is 10.7. The fourth-order valence-electron chi connectivity index (χ4n) is 5.63. The molecule has 238 valence electrons. The number of hydrogen-bond donors (Lipinski definition) is 1. The Bertz CT molecular complexity index is 1110. The van der Waals surface area contributed by atoms with Crippen LogP contribution in [0.25, 0.3) is 0 Å². The van der Waals surface area contributed by atoms with E-state index >= 15 is 0 Å². The number of esters is 2. The average Bonchev–Trinajstić information content (AvgIpc) is 3.38. The van der Waals surface area contributed by atoms with Crippen molar-refractivity contribution in [3.05, 3.63) is 30.3 Å². The van der Waals surface area contributed by atoms with Gasteiger partial charge in [0.15, 0.2) is 0 Å². The van der Waals surface area contributed by atoms with E-state index in [-0.39, 0.29) is 44.9 Å². The maximum atomic E-state index is 13.1. The quantitative estimate of drug-likeness (QED) is 0.131. The van der Waals surface area contributed by atoms with Crippen LogP contribution in [-0.4, -0.2) is 78.0 Å². The number of Topliss-reactive ketones (excluding diaryl/α,β-unsaturated/α-hetero) is 1. The molecule has 2 rings (SSSR count). The molecule has 1 aromatic rings. The van der Waals surface area contributed by atoms with Crippen LogP contribution in [0.1, 0.15) is 65.7 Å². The van der Waals surface area contributed by atoms with Crippen molar-refractivity contribution in [3.63, 3.8) is 0 Å². The number of carbonyl (C=O) groups is 6. The second-order valence-corrected chi connectivity index (χ2v) is 10.7. The van der Waals surface area contributed by atoms with Gasteiger partial charge in [-0.05, 0) is 44.7 Å². The van der Waals surface area contributed by atoms with E-state index in [1.54, 1.807) is 31.2 Å². The SMILES string of the molecule is CCCC(CC(COC(=O)CC(C)=O)C(C(=O)O)C(C(=O)[O-])C(CC)N1CCCC1=O)C(=O)OCCOc1ccccc1. The number of ketones is 1. The Hall–Kier alpha value is -3.96. The summed E-state index contributed by atoms with van der Waals surface area (Å²) in [6.45, 7) is 4.40. The first-order valence-corrected chi connectivity index (χ1v) is 14.7. The van der Waals surface area contributed by atoms with Crippen LogP contribution >= 0.6 is 0 Å². The lowest BCUT2D eigenvalue weighted by molar-refractivity contribution is -0.316. The molecule has 12 heteroatoms. The molecule has 12 nitrogen and oxygen atoms in total. The normalized spacial score (nSPS) is 16.4. The molecule has 43 heavy (non-hydrogen) atoms. The van der Waals surface area contributed by atoms with Crippen LogP contribution in [0.2, 0.25) is 0 Å². The van der Waals surface area contributed by atoms with Crippen molar-refractivity contribution >= 4 is 35.6 Å². The zero-order valence-electron chi connectivity index (χ0n) is 25.0. The number of nitrogens with zero attached hydrogens (tertiary/aromatic N) is 1. The number of ether oxygens (including phenoxy) is 3. The molecule has 0 saturated carbocycles. The fraction of sp³-hybridized carbons (Fsp3) is 0.613. The summed E-state index contributed by atoms with van der Waals surface area (Å²) in [6.07, 6.45) is 0.975. The molecule has 0 spiro atoms. The molecule has 0 aliphatic carbocycles. The van der Waals surface area contributed by atoms with Crippen molar-refractivity contribution < 1.29 is 53.2 Å². The molecular weight excluding hydrogens is 562 g/mol. The van der Waals surface area contributed by atoms with Crippen molar-refractivity contribution in [2.24, 2.45) is 23.7 Å². The molecule has 1 aliphatic heterocycles. The van der Waals surface area contributed by atoms with Crippen LogP contribution in [0.4, 0.5) is 0 Å². The molecule has 1 amide bonds. The van der Waals surface area contributed by atoms with E-state index in [9.17, 15) is 39.0 Å². The van der Waals surface area contributed by atoms with Gasteiger partial charge in [-0.1, -0.05) is 38.5 Å². The van der Waals surface area contributed by atoms with Crippen LogP contribution < -0.4 is 9.84 Å². The number of benzene rings is 1. The minimum atomic E-state index is -1.68. The van der Waals surface area contributed by atoms with Gasteiger partial charge in [0.1, 0.15) is 31.2 Å². The third-order valence-electron chi connectivity index (χ3n) is 7.54. The summed E-state index contributed by atoms with van der Waals surface area (Å²) in [4.78, 5) is 76.1. The van der Waals surface area contributed by atoms with Crippen molar-refractivity contribution in [1.29, 1.82) is 0 Å². The predicted octanol–water partition coefficient (Wildman–Crippen LogP) is 2.02. The standard InChI is InChI=1S/C31H43NO11/c1-4-10-21(31(40)42-16-15-41-23-11-7-6-8-12-23)18-22(19-43-26(35)17-20(3)33)27(29(36)37)28(30(38)39)24(5-2)32-14-9-13-25(32)34/h6-8,11-12,21-22,24,27-28H,4-5,9-10,13-19H2,1-3H3,(H,36,37)(H,38,39)/p-1. The van der Waals surface area contributed by atoms with Gasteiger partial charge in [0.2, 0.25) is 5.91 Å². The predicted molar refractivity (Wildman–Crippen MR) is 150 cm³/mol. The lowest BCUT2D eigenvalue weighted by atomic mass is 9.73. The molecule has 0 bridgehead atoms. The second kappa shape index (κ2) is 17.9. The number of rotatable bonds is 20. The molecular formula is C31H42NO11-. The van der Waals surface area contributed by atoms with Gasteiger partial charge in [-0.15, -0.1) is 0 Å². The van der Waals surface area contributed by atoms with E-state index < -0.39 is 72.4 Å². The lowest BCUT2D eigenvalue weighted by Crippen LogP contribution is -2.54. The van der Waals surface area contributed by atoms with Crippen molar-refractivity contribution in [3.8, 4) is 5.75 Å². The van der Waals surface area contributed by atoms with Crippen LogP contribution in [0.3, 0.4) is 0 Å². The Morgan fingerprint density at radius 2 is 1.72 bits per heavy atom. The molecule has 1 heterocycles. The number of carboxylic acids is 2. The first kappa shape index (κ1) is 35.2. The summed E-state index contributed by atoms with van der Waals surface area (Å²) >= 11 is 0. The average molecular weight is 605 g/mol. The number of aliphatic carboxylic acids is 2. The van der Waals surface area contributed by atoms with Crippen molar-refractivity contribution in [1.82, 2.24) is 4.90 Å². The van der Waals surface area contributed by atoms with E-state index in [4.69, 9.17) is 14.2 Å². The molecule has 1 N–H and O–H groups in total. The number of amides is 1. The Labute approximate surface area is 251 Å². The highest BCUT2D eigenvalue weighted by molar-refractivity contribution is 5.94. The first-order chi connectivity index (χ1) is 20.5. The highest BCUT2D eigenvalue weighted by atomic mass is 16.6. The maximum Gasteiger partial charge on any atom is 0.313 e. The summed E-state index contributed by atoms with van der Waals surface area (Å²) in [6, 6.07) is 7.94. The number of likely N-dealkylation sites (tertiary alicyclic amines) is 1. The zero-order valence-corrected chi connectivity index (χ0v) is 25.0. The third-order valence-corrected chi connectivity index (χ3v) is 7.54.